The van der Waals surface area contributed by atoms with Crippen LogP contribution in [0.2, 0.25) is 0 Å². The molecule has 0 atom stereocenters. The van der Waals surface area contributed by atoms with Crippen molar-refractivity contribution in [1.82, 2.24) is 0 Å². The highest BCUT2D eigenvalue weighted by Crippen LogP contribution is 2.47. The van der Waals surface area contributed by atoms with Gasteiger partial charge >= 0.3 is 0 Å². The van der Waals surface area contributed by atoms with Crippen LogP contribution in [0.25, 0.3) is 0 Å². The number of hydrogen-bond donors (Lipinski definition) is 0. The van der Waals surface area contributed by atoms with E-state index in [1.807, 2.05) is 82.3 Å². The Kier molecular flexibility index (Phi) is 6.24. The molecule has 0 N–H and O–H groups in total. The standard InChI is InChI=1S/C26H30NOP/c1-18(2)26(23-10-8-7-9-11-23)27-29(28,24-14-19(3)12-20(4)15-24)25-16-21(5)13-22(6)17-25/h7-18H,1-6H3/b27-26+. The average Bonchev–Trinajstić information content (AvgIpc) is 2.65. The maximum absolute atomic E-state index is 14.7. The molecule has 0 radical (unpaired) electrons. The summed E-state index contributed by atoms with van der Waals surface area (Å²) in [7, 11) is -3.22. The first-order valence-corrected chi connectivity index (χ1v) is 11.8. The van der Waals surface area contributed by atoms with Gasteiger partial charge in [-0.3, -0.25) is 4.57 Å². The first-order valence-electron chi connectivity index (χ1n) is 10.1. The summed E-state index contributed by atoms with van der Waals surface area (Å²) in [5, 5.41) is 1.60. The Morgan fingerprint density at radius 3 is 1.52 bits per heavy atom. The van der Waals surface area contributed by atoms with E-state index in [1.165, 1.54) is 0 Å². The zero-order valence-corrected chi connectivity index (χ0v) is 19.1. The van der Waals surface area contributed by atoms with Crippen LogP contribution in [-0.2, 0) is 4.57 Å². The van der Waals surface area contributed by atoms with Crippen LogP contribution in [0.3, 0.4) is 0 Å². The first-order chi connectivity index (χ1) is 13.7. The SMILES string of the molecule is Cc1cc(C)cc(P(=O)(/N=C(/c2ccccc2)C(C)C)c2cc(C)cc(C)c2)c1. The summed E-state index contributed by atoms with van der Waals surface area (Å²) < 4.78 is 19.8. The average molecular weight is 404 g/mol. The predicted molar refractivity (Wildman–Crippen MR) is 127 cm³/mol. The van der Waals surface area contributed by atoms with Gasteiger partial charge in [0.2, 0.25) is 7.29 Å². The summed E-state index contributed by atoms with van der Waals surface area (Å²) in [4.78, 5) is 0. The van der Waals surface area contributed by atoms with Gasteiger partial charge in [-0.15, -0.1) is 0 Å². The quantitative estimate of drug-likeness (QED) is 0.363. The molecule has 0 aromatic heterocycles. The van der Waals surface area contributed by atoms with Crippen LogP contribution in [0.15, 0.2) is 71.5 Å². The third-order valence-corrected chi connectivity index (χ3v) is 7.39. The second-order valence-electron chi connectivity index (χ2n) is 8.27. The second-order valence-corrected chi connectivity index (χ2v) is 10.7. The Labute approximate surface area is 175 Å². The highest BCUT2D eigenvalue weighted by Gasteiger charge is 2.29. The lowest BCUT2D eigenvalue weighted by atomic mass is 10.0. The smallest absolute Gasteiger partial charge is 0.247 e. The van der Waals surface area contributed by atoms with E-state index in [4.69, 9.17) is 4.76 Å². The van der Waals surface area contributed by atoms with Crippen LogP contribution in [0.5, 0.6) is 0 Å². The van der Waals surface area contributed by atoms with E-state index in [2.05, 4.69) is 26.0 Å². The molecule has 0 saturated heterocycles. The molecule has 3 aromatic carbocycles. The predicted octanol–water partition coefficient (Wildman–Crippen LogP) is 6.29. The minimum absolute atomic E-state index is 0.155. The molecular weight excluding hydrogens is 373 g/mol. The van der Waals surface area contributed by atoms with Crippen molar-refractivity contribution in [3.63, 3.8) is 0 Å². The van der Waals surface area contributed by atoms with Gasteiger partial charge in [0.1, 0.15) is 0 Å². The molecular formula is C26H30NOP. The van der Waals surface area contributed by atoms with E-state index in [0.717, 1.165) is 44.1 Å². The van der Waals surface area contributed by atoms with E-state index in [9.17, 15) is 4.57 Å². The molecule has 0 heterocycles. The molecule has 0 aliphatic heterocycles. The zero-order valence-electron chi connectivity index (χ0n) is 18.2. The van der Waals surface area contributed by atoms with Gasteiger partial charge in [-0.25, -0.2) is 4.76 Å². The van der Waals surface area contributed by atoms with E-state index in [1.54, 1.807) is 0 Å². The van der Waals surface area contributed by atoms with E-state index in [0.29, 0.717) is 0 Å². The fourth-order valence-corrected chi connectivity index (χ4v) is 6.48. The Balaban J connectivity index is 2.34. The van der Waals surface area contributed by atoms with Crippen molar-refractivity contribution in [3.8, 4) is 0 Å². The van der Waals surface area contributed by atoms with Crippen LogP contribution in [-0.4, -0.2) is 5.71 Å². The summed E-state index contributed by atoms with van der Waals surface area (Å²) in [6, 6.07) is 22.4. The molecule has 0 bridgehead atoms. The van der Waals surface area contributed by atoms with Crippen molar-refractivity contribution < 1.29 is 4.57 Å². The number of aryl methyl sites for hydroxylation is 4. The molecule has 0 spiro atoms. The van der Waals surface area contributed by atoms with E-state index < -0.39 is 7.29 Å². The van der Waals surface area contributed by atoms with E-state index in [-0.39, 0.29) is 5.92 Å². The van der Waals surface area contributed by atoms with Crippen molar-refractivity contribution >= 4 is 23.6 Å². The molecule has 0 aliphatic carbocycles. The van der Waals surface area contributed by atoms with Crippen LogP contribution >= 0.6 is 7.29 Å². The van der Waals surface area contributed by atoms with Gasteiger partial charge in [0.05, 0.1) is 5.71 Å². The Hall–Kier alpha value is -2.44. The van der Waals surface area contributed by atoms with Crippen LogP contribution in [0, 0.1) is 33.6 Å². The molecule has 29 heavy (non-hydrogen) atoms. The van der Waals surface area contributed by atoms with Crippen molar-refractivity contribution in [1.29, 1.82) is 0 Å². The monoisotopic (exact) mass is 403 g/mol. The fourth-order valence-electron chi connectivity index (χ4n) is 3.78. The highest BCUT2D eigenvalue weighted by atomic mass is 31.2. The number of benzene rings is 3. The molecule has 3 rings (SSSR count). The maximum Gasteiger partial charge on any atom is 0.247 e. The molecule has 0 fully saturated rings. The van der Waals surface area contributed by atoms with Crippen molar-refractivity contribution in [2.75, 3.05) is 0 Å². The molecule has 2 nitrogen and oxygen atoms in total. The Morgan fingerprint density at radius 1 is 0.724 bits per heavy atom. The second kappa shape index (κ2) is 8.51. The Bertz CT molecular complexity index is 1000. The molecule has 0 unspecified atom stereocenters. The number of nitrogens with zero attached hydrogens (tertiary/aromatic N) is 1. The summed E-state index contributed by atoms with van der Waals surface area (Å²) in [5.41, 5.74) is 6.32. The number of hydrogen-bond acceptors (Lipinski definition) is 1. The van der Waals surface area contributed by atoms with Gasteiger partial charge in [0, 0.05) is 10.6 Å². The first kappa shape index (κ1) is 21.3. The normalized spacial score (nSPS) is 12.4. The molecule has 0 saturated carbocycles. The number of rotatable bonds is 5. The van der Waals surface area contributed by atoms with Crippen LogP contribution in [0.1, 0.15) is 41.7 Å². The van der Waals surface area contributed by atoms with Gasteiger partial charge in [0.25, 0.3) is 0 Å². The van der Waals surface area contributed by atoms with Gasteiger partial charge in [-0.2, -0.15) is 0 Å². The molecule has 0 amide bonds. The van der Waals surface area contributed by atoms with Crippen molar-refractivity contribution in [3.05, 3.63) is 94.5 Å². The summed E-state index contributed by atoms with van der Waals surface area (Å²) in [6.07, 6.45) is 0. The minimum Gasteiger partial charge on any atom is -0.288 e. The lowest BCUT2D eigenvalue weighted by molar-refractivity contribution is 0.588. The van der Waals surface area contributed by atoms with Crippen LogP contribution < -0.4 is 10.6 Å². The molecule has 150 valence electrons. The van der Waals surface area contributed by atoms with E-state index >= 15 is 0 Å². The lowest BCUT2D eigenvalue weighted by Gasteiger charge is -2.21. The maximum atomic E-state index is 14.7. The van der Waals surface area contributed by atoms with Gasteiger partial charge in [0.15, 0.2) is 0 Å². The fraction of sp³-hybridized carbons (Fsp3) is 0.269. The van der Waals surface area contributed by atoms with Crippen molar-refractivity contribution in [2.45, 2.75) is 41.5 Å². The lowest BCUT2D eigenvalue weighted by Crippen LogP contribution is -2.19. The summed E-state index contributed by atoms with van der Waals surface area (Å²) in [5.74, 6) is 0.155. The zero-order chi connectivity index (χ0) is 21.2. The third kappa shape index (κ3) is 4.77. The highest BCUT2D eigenvalue weighted by molar-refractivity contribution is 7.77. The summed E-state index contributed by atoms with van der Waals surface area (Å²) >= 11 is 0. The summed E-state index contributed by atoms with van der Waals surface area (Å²) in [6.45, 7) is 12.4. The Morgan fingerprint density at radius 2 is 1.14 bits per heavy atom. The molecule has 0 aliphatic rings. The van der Waals surface area contributed by atoms with Gasteiger partial charge in [-0.05, 0) is 63.4 Å². The largest absolute Gasteiger partial charge is 0.288 e. The van der Waals surface area contributed by atoms with Crippen LogP contribution in [0.4, 0.5) is 0 Å². The van der Waals surface area contributed by atoms with Gasteiger partial charge < -0.3 is 0 Å². The minimum atomic E-state index is -3.22. The topological polar surface area (TPSA) is 29.4 Å². The van der Waals surface area contributed by atoms with Gasteiger partial charge in [-0.1, -0.05) is 78.6 Å². The molecule has 3 aromatic rings. The van der Waals surface area contributed by atoms with Crippen molar-refractivity contribution in [2.24, 2.45) is 10.7 Å². The third-order valence-electron chi connectivity index (χ3n) is 4.98. The molecule has 3 heteroatoms.